The molecule has 2 amide bonds. The van der Waals surface area contributed by atoms with E-state index in [4.69, 9.17) is 0 Å². The molecule has 0 aromatic heterocycles. The van der Waals surface area contributed by atoms with Crippen LogP contribution in [0.2, 0.25) is 0 Å². The largest absolute Gasteiger partial charge is 0.300 e. The molecule has 1 atom stereocenters. The van der Waals surface area contributed by atoms with Crippen LogP contribution in [-0.2, 0) is 4.79 Å². The van der Waals surface area contributed by atoms with E-state index in [0.29, 0.717) is 11.1 Å². The van der Waals surface area contributed by atoms with Gasteiger partial charge in [-0.3, -0.25) is 19.3 Å². The van der Waals surface area contributed by atoms with Crippen LogP contribution < -0.4 is 0 Å². The molecule has 0 spiro atoms. The summed E-state index contributed by atoms with van der Waals surface area (Å²) in [5.74, 6) is -0.646. The number of nitrogens with zero attached hydrogens (tertiary/aromatic N) is 1. The molecule has 1 aliphatic heterocycles. The maximum Gasteiger partial charge on any atom is 0.261 e. The lowest BCUT2D eigenvalue weighted by Gasteiger charge is -2.21. The number of fused-ring (bicyclic) bond motifs is 1. The molecule has 0 radical (unpaired) electrons. The van der Waals surface area contributed by atoms with Crippen molar-refractivity contribution in [3.8, 4) is 0 Å². The topological polar surface area (TPSA) is 54.5 Å². The van der Waals surface area contributed by atoms with Crippen molar-refractivity contribution in [2.24, 2.45) is 0 Å². The number of hydrogen-bond donors (Lipinski definition) is 0. The van der Waals surface area contributed by atoms with E-state index >= 15 is 0 Å². The smallest absolute Gasteiger partial charge is 0.261 e. The SMILES string of the molecule is CC(=O)CC(C)N1C(=O)c2ccccc2C1=O. The molecule has 1 unspecified atom stereocenters. The standard InChI is InChI=1S/C13H13NO3/c1-8(7-9(2)15)14-12(16)10-5-3-4-6-11(10)13(14)17/h3-6,8H,7H2,1-2H3. The van der Waals surface area contributed by atoms with Crippen LogP contribution in [-0.4, -0.2) is 28.5 Å². The van der Waals surface area contributed by atoms with Crippen LogP contribution in [0, 0.1) is 0 Å². The Morgan fingerprint density at radius 3 is 2.06 bits per heavy atom. The van der Waals surface area contributed by atoms with Gasteiger partial charge in [0.05, 0.1) is 11.1 Å². The zero-order chi connectivity index (χ0) is 12.6. The van der Waals surface area contributed by atoms with Crippen molar-refractivity contribution in [2.45, 2.75) is 26.3 Å². The van der Waals surface area contributed by atoms with Crippen LogP contribution in [0.5, 0.6) is 0 Å². The third kappa shape index (κ3) is 1.86. The fourth-order valence-electron chi connectivity index (χ4n) is 2.12. The van der Waals surface area contributed by atoms with Gasteiger partial charge in [-0.1, -0.05) is 12.1 Å². The molecule has 0 fully saturated rings. The van der Waals surface area contributed by atoms with Crippen molar-refractivity contribution in [1.82, 2.24) is 4.90 Å². The van der Waals surface area contributed by atoms with E-state index in [-0.39, 0.29) is 30.1 Å². The summed E-state index contributed by atoms with van der Waals surface area (Å²) >= 11 is 0. The molecular weight excluding hydrogens is 218 g/mol. The zero-order valence-electron chi connectivity index (χ0n) is 9.77. The molecule has 4 nitrogen and oxygen atoms in total. The van der Waals surface area contributed by atoms with Crippen molar-refractivity contribution in [3.63, 3.8) is 0 Å². The Morgan fingerprint density at radius 1 is 1.18 bits per heavy atom. The number of benzene rings is 1. The Hall–Kier alpha value is -1.97. The summed E-state index contributed by atoms with van der Waals surface area (Å²) in [4.78, 5) is 36.3. The highest BCUT2D eigenvalue weighted by Crippen LogP contribution is 2.25. The van der Waals surface area contributed by atoms with Gasteiger partial charge < -0.3 is 0 Å². The second-order valence-electron chi connectivity index (χ2n) is 4.28. The average Bonchev–Trinajstić information content (AvgIpc) is 2.51. The Labute approximate surface area is 99.2 Å². The summed E-state index contributed by atoms with van der Waals surface area (Å²) < 4.78 is 0. The van der Waals surface area contributed by atoms with Gasteiger partial charge in [-0.2, -0.15) is 0 Å². The molecule has 0 aliphatic carbocycles. The maximum absolute atomic E-state index is 12.0. The molecule has 0 saturated heterocycles. The van der Waals surface area contributed by atoms with E-state index < -0.39 is 0 Å². The number of rotatable bonds is 3. The Bertz CT molecular complexity index is 472. The predicted octanol–water partition coefficient (Wildman–Crippen LogP) is 1.65. The zero-order valence-corrected chi connectivity index (χ0v) is 9.77. The molecule has 2 rings (SSSR count). The molecule has 4 heteroatoms. The van der Waals surface area contributed by atoms with Crippen molar-refractivity contribution in [3.05, 3.63) is 35.4 Å². The van der Waals surface area contributed by atoms with Crippen molar-refractivity contribution < 1.29 is 14.4 Å². The Morgan fingerprint density at radius 2 is 1.65 bits per heavy atom. The molecule has 88 valence electrons. The molecule has 0 bridgehead atoms. The van der Waals surface area contributed by atoms with Crippen LogP contribution in [0.15, 0.2) is 24.3 Å². The third-order valence-electron chi connectivity index (χ3n) is 2.85. The number of ketones is 1. The molecular formula is C13H13NO3. The van der Waals surface area contributed by atoms with E-state index in [1.165, 1.54) is 11.8 Å². The highest BCUT2D eigenvalue weighted by atomic mass is 16.2. The second kappa shape index (κ2) is 4.13. The minimum Gasteiger partial charge on any atom is -0.300 e. The predicted molar refractivity (Wildman–Crippen MR) is 61.7 cm³/mol. The lowest BCUT2D eigenvalue weighted by atomic mass is 10.1. The van der Waals surface area contributed by atoms with Gasteiger partial charge in [-0.05, 0) is 26.0 Å². The average molecular weight is 231 g/mol. The van der Waals surface area contributed by atoms with Crippen molar-refractivity contribution in [2.75, 3.05) is 0 Å². The normalized spacial score (nSPS) is 16.0. The molecule has 1 heterocycles. The first kappa shape index (κ1) is 11.5. The summed E-state index contributed by atoms with van der Waals surface area (Å²) in [6.07, 6.45) is 0.200. The second-order valence-corrected chi connectivity index (χ2v) is 4.28. The number of carbonyl (C=O) groups excluding carboxylic acids is 3. The number of imide groups is 1. The minimum absolute atomic E-state index is 0.0333. The summed E-state index contributed by atoms with van der Waals surface area (Å²) in [7, 11) is 0. The van der Waals surface area contributed by atoms with E-state index in [2.05, 4.69) is 0 Å². The monoisotopic (exact) mass is 231 g/mol. The fraction of sp³-hybridized carbons (Fsp3) is 0.308. The maximum atomic E-state index is 12.0. The first-order chi connectivity index (χ1) is 8.02. The minimum atomic E-state index is -0.389. The van der Waals surface area contributed by atoms with Crippen LogP contribution >= 0.6 is 0 Å². The van der Waals surface area contributed by atoms with Gasteiger partial charge in [-0.25, -0.2) is 0 Å². The summed E-state index contributed by atoms with van der Waals surface area (Å²) in [5.41, 5.74) is 0.848. The van der Waals surface area contributed by atoms with E-state index in [9.17, 15) is 14.4 Å². The van der Waals surface area contributed by atoms with Gasteiger partial charge >= 0.3 is 0 Å². The number of carbonyl (C=O) groups is 3. The lowest BCUT2D eigenvalue weighted by Crippen LogP contribution is -2.38. The van der Waals surface area contributed by atoms with Gasteiger partial charge in [0.2, 0.25) is 0 Å². The van der Waals surface area contributed by atoms with E-state index in [1.807, 2.05) is 0 Å². The lowest BCUT2D eigenvalue weighted by molar-refractivity contribution is -0.117. The van der Waals surface area contributed by atoms with Crippen LogP contribution in [0.3, 0.4) is 0 Å². The number of amides is 2. The van der Waals surface area contributed by atoms with Gasteiger partial charge in [-0.15, -0.1) is 0 Å². The van der Waals surface area contributed by atoms with Gasteiger partial charge in [0, 0.05) is 12.5 Å². The molecule has 1 aromatic carbocycles. The third-order valence-corrected chi connectivity index (χ3v) is 2.85. The molecule has 0 saturated carbocycles. The van der Waals surface area contributed by atoms with Crippen molar-refractivity contribution >= 4 is 17.6 Å². The van der Waals surface area contributed by atoms with Crippen LogP contribution in [0.4, 0.5) is 0 Å². The highest BCUT2D eigenvalue weighted by Gasteiger charge is 2.38. The number of hydrogen-bond acceptors (Lipinski definition) is 3. The van der Waals surface area contributed by atoms with Crippen LogP contribution in [0.25, 0.3) is 0 Å². The van der Waals surface area contributed by atoms with E-state index in [1.54, 1.807) is 31.2 Å². The molecule has 0 N–H and O–H groups in total. The Kier molecular flexibility index (Phi) is 2.79. The first-order valence-corrected chi connectivity index (χ1v) is 5.48. The molecule has 1 aromatic rings. The Balaban J connectivity index is 2.33. The molecule has 17 heavy (non-hydrogen) atoms. The summed E-state index contributed by atoms with van der Waals surface area (Å²) in [6.45, 7) is 3.16. The van der Waals surface area contributed by atoms with Crippen LogP contribution in [0.1, 0.15) is 41.0 Å². The fourth-order valence-corrected chi connectivity index (χ4v) is 2.12. The molecule has 1 aliphatic rings. The number of Topliss-reactive ketones (excluding diaryl/α,β-unsaturated/α-hetero) is 1. The highest BCUT2D eigenvalue weighted by molar-refractivity contribution is 6.21. The van der Waals surface area contributed by atoms with Gasteiger partial charge in [0.15, 0.2) is 0 Å². The summed E-state index contributed by atoms with van der Waals surface area (Å²) in [5, 5.41) is 0. The summed E-state index contributed by atoms with van der Waals surface area (Å²) in [6, 6.07) is 6.33. The van der Waals surface area contributed by atoms with Crippen molar-refractivity contribution in [1.29, 1.82) is 0 Å². The van der Waals surface area contributed by atoms with Gasteiger partial charge in [0.1, 0.15) is 5.78 Å². The van der Waals surface area contributed by atoms with E-state index in [0.717, 1.165) is 0 Å². The first-order valence-electron chi connectivity index (χ1n) is 5.48. The van der Waals surface area contributed by atoms with Gasteiger partial charge in [0.25, 0.3) is 11.8 Å². The quantitative estimate of drug-likeness (QED) is 0.743.